The number of aryl methyl sites for hydroxylation is 1. The summed E-state index contributed by atoms with van der Waals surface area (Å²) in [5.41, 5.74) is 7.54. The van der Waals surface area contributed by atoms with E-state index in [1.807, 2.05) is 25.1 Å². The summed E-state index contributed by atoms with van der Waals surface area (Å²) in [5, 5.41) is 3.24. The molecule has 0 bridgehead atoms. The van der Waals surface area contributed by atoms with Gasteiger partial charge in [0, 0.05) is 11.1 Å². The van der Waals surface area contributed by atoms with Crippen molar-refractivity contribution in [1.29, 1.82) is 0 Å². The van der Waals surface area contributed by atoms with Crippen molar-refractivity contribution in [2.24, 2.45) is 5.73 Å². The summed E-state index contributed by atoms with van der Waals surface area (Å²) in [4.78, 5) is 5.77. The van der Waals surface area contributed by atoms with Crippen LogP contribution in [0.25, 0.3) is 0 Å². The monoisotopic (exact) mass is 297 g/mol. The quantitative estimate of drug-likeness (QED) is 0.850. The maximum Gasteiger partial charge on any atom is 0.136 e. The third-order valence-corrected chi connectivity index (χ3v) is 3.90. The van der Waals surface area contributed by atoms with Crippen molar-refractivity contribution >= 4 is 46.0 Å². The summed E-state index contributed by atoms with van der Waals surface area (Å²) < 4.78 is 0.776. The average Bonchev–Trinajstić information content (AvgIpc) is 2.72. The van der Waals surface area contributed by atoms with Crippen LogP contribution in [0, 0.1) is 6.92 Å². The van der Waals surface area contributed by atoms with Crippen LogP contribution < -0.4 is 11.1 Å². The first-order valence-electron chi connectivity index (χ1n) is 5.31. The predicted molar refractivity (Wildman–Crippen MR) is 81.5 cm³/mol. The van der Waals surface area contributed by atoms with E-state index in [0.29, 0.717) is 17.4 Å². The number of thiocarbonyl (C=S) groups is 1. The van der Waals surface area contributed by atoms with Crippen molar-refractivity contribution in [3.63, 3.8) is 0 Å². The first-order chi connectivity index (χ1) is 8.58. The highest BCUT2D eigenvalue weighted by Gasteiger charge is 2.09. The highest BCUT2D eigenvalue weighted by molar-refractivity contribution is 7.80. The van der Waals surface area contributed by atoms with Gasteiger partial charge >= 0.3 is 0 Å². The Kier molecular flexibility index (Phi) is 4.16. The van der Waals surface area contributed by atoms with Crippen molar-refractivity contribution in [3.8, 4) is 0 Å². The third-order valence-electron chi connectivity index (χ3n) is 2.46. The van der Waals surface area contributed by atoms with Crippen LogP contribution in [0.15, 0.2) is 24.4 Å². The minimum atomic E-state index is 0.354. The van der Waals surface area contributed by atoms with Crippen LogP contribution in [0.1, 0.15) is 16.0 Å². The zero-order valence-electron chi connectivity index (χ0n) is 9.74. The van der Waals surface area contributed by atoms with Crippen LogP contribution in [0.2, 0.25) is 4.34 Å². The zero-order chi connectivity index (χ0) is 13.1. The van der Waals surface area contributed by atoms with Crippen LogP contribution >= 0.6 is 35.2 Å². The smallest absolute Gasteiger partial charge is 0.136 e. The normalized spacial score (nSPS) is 10.3. The molecule has 18 heavy (non-hydrogen) atoms. The number of thiophene rings is 1. The van der Waals surface area contributed by atoms with E-state index in [1.165, 1.54) is 11.3 Å². The van der Waals surface area contributed by atoms with E-state index in [4.69, 9.17) is 29.6 Å². The van der Waals surface area contributed by atoms with E-state index in [0.717, 1.165) is 20.3 Å². The minimum absolute atomic E-state index is 0.354. The molecule has 94 valence electrons. The molecular weight excluding hydrogens is 286 g/mol. The average molecular weight is 298 g/mol. The fourth-order valence-corrected chi connectivity index (χ4v) is 2.91. The molecular formula is C12H12ClN3S2. The molecule has 0 unspecified atom stereocenters. The van der Waals surface area contributed by atoms with Crippen LogP contribution in [-0.4, -0.2) is 9.97 Å². The molecule has 0 aliphatic rings. The Balaban J connectivity index is 2.19. The van der Waals surface area contributed by atoms with Crippen molar-refractivity contribution in [1.82, 2.24) is 4.98 Å². The van der Waals surface area contributed by atoms with Gasteiger partial charge in [0.15, 0.2) is 0 Å². The summed E-state index contributed by atoms with van der Waals surface area (Å²) in [6.45, 7) is 2.62. The van der Waals surface area contributed by atoms with Gasteiger partial charge in [-0.1, -0.05) is 23.8 Å². The SMILES string of the molecule is Cc1ccnc(NCc2ccc(Cl)s2)c1C(N)=S. The van der Waals surface area contributed by atoms with Gasteiger partial charge in [0.25, 0.3) is 0 Å². The van der Waals surface area contributed by atoms with Gasteiger partial charge in [0.1, 0.15) is 10.8 Å². The number of anilines is 1. The molecule has 0 aromatic carbocycles. The second kappa shape index (κ2) is 5.65. The lowest BCUT2D eigenvalue weighted by atomic mass is 10.1. The van der Waals surface area contributed by atoms with E-state index in [-0.39, 0.29) is 0 Å². The van der Waals surface area contributed by atoms with Crippen molar-refractivity contribution in [2.75, 3.05) is 5.32 Å². The molecule has 0 saturated carbocycles. The Morgan fingerprint density at radius 1 is 1.50 bits per heavy atom. The van der Waals surface area contributed by atoms with Gasteiger partial charge in [-0.3, -0.25) is 0 Å². The Morgan fingerprint density at radius 2 is 2.28 bits per heavy atom. The van der Waals surface area contributed by atoms with Crippen LogP contribution in [0.4, 0.5) is 5.82 Å². The molecule has 6 heteroatoms. The first kappa shape index (κ1) is 13.3. The lowest BCUT2D eigenvalue weighted by Crippen LogP contribution is -2.15. The molecule has 0 saturated heterocycles. The summed E-state index contributed by atoms with van der Waals surface area (Å²) in [5.74, 6) is 0.715. The molecule has 3 N–H and O–H groups in total. The van der Waals surface area contributed by atoms with Crippen LogP contribution in [0.3, 0.4) is 0 Å². The van der Waals surface area contributed by atoms with E-state index in [1.54, 1.807) is 6.20 Å². The molecule has 3 nitrogen and oxygen atoms in total. The number of halogens is 1. The first-order valence-corrected chi connectivity index (χ1v) is 6.91. The molecule has 0 spiro atoms. The van der Waals surface area contributed by atoms with Crippen molar-refractivity contribution < 1.29 is 0 Å². The minimum Gasteiger partial charge on any atom is -0.389 e. The molecule has 0 fully saturated rings. The molecule has 0 radical (unpaired) electrons. The molecule has 2 heterocycles. The maximum absolute atomic E-state index is 5.88. The fourth-order valence-electron chi connectivity index (χ4n) is 1.62. The number of aromatic nitrogens is 1. The molecule has 0 aliphatic carbocycles. The number of rotatable bonds is 4. The molecule has 0 atom stereocenters. The number of pyridine rings is 1. The second-order valence-corrected chi connectivity index (χ2v) is 6.01. The number of hydrogen-bond donors (Lipinski definition) is 2. The predicted octanol–water partition coefficient (Wildman–Crippen LogP) is 3.35. The lowest BCUT2D eigenvalue weighted by molar-refractivity contribution is 1.13. The molecule has 0 amide bonds. The largest absolute Gasteiger partial charge is 0.389 e. The summed E-state index contributed by atoms with van der Waals surface area (Å²) in [7, 11) is 0. The zero-order valence-corrected chi connectivity index (χ0v) is 12.1. The second-order valence-electron chi connectivity index (χ2n) is 3.78. The number of hydrogen-bond acceptors (Lipinski definition) is 4. The van der Waals surface area contributed by atoms with E-state index in [9.17, 15) is 0 Å². The highest BCUT2D eigenvalue weighted by Crippen LogP contribution is 2.23. The van der Waals surface area contributed by atoms with E-state index in [2.05, 4.69) is 10.3 Å². The van der Waals surface area contributed by atoms with Crippen LogP contribution in [-0.2, 0) is 6.54 Å². The molecule has 2 aromatic rings. The highest BCUT2D eigenvalue weighted by atomic mass is 35.5. The summed E-state index contributed by atoms with van der Waals surface area (Å²) in [6.07, 6.45) is 1.74. The fraction of sp³-hybridized carbons (Fsp3) is 0.167. The Labute approximate surface area is 120 Å². The lowest BCUT2D eigenvalue weighted by Gasteiger charge is -2.11. The summed E-state index contributed by atoms with van der Waals surface area (Å²) in [6, 6.07) is 5.75. The molecule has 2 rings (SSSR count). The van der Waals surface area contributed by atoms with E-state index < -0.39 is 0 Å². The third kappa shape index (κ3) is 2.98. The van der Waals surface area contributed by atoms with Gasteiger partial charge < -0.3 is 11.1 Å². The Hall–Kier alpha value is -1.17. The van der Waals surface area contributed by atoms with Gasteiger partial charge in [0.2, 0.25) is 0 Å². The van der Waals surface area contributed by atoms with E-state index >= 15 is 0 Å². The van der Waals surface area contributed by atoms with Crippen molar-refractivity contribution in [2.45, 2.75) is 13.5 Å². The van der Waals surface area contributed by atoms with Gasteiger partial charge in [-0.2, -0.15) is 0 Å². The van der Waals surface area contributed by atoms with Gasteiger partial charge in [-0.25, -0.2) is 4.98 Å². The number of nitrogens with two attached hydrogens (primary N) is 1. The Bertz CT molecular complexity index is 580. The molecule has 0 aliphatic heterocycles. The van der Waals surface area contributed by atoms with Crippen LogP contribution in [0.5, 0.6) is 0 Å². The number of nitrogens with zero attached hydrogens (tertiary/aromatic N) is 1. The standard InChI is InChI=1S/C12H12ClN3S2/c1-7-4-5-15-12(10(7)11(14)17)16-6-8-2-3-9(13)18-8/h2-5H,6H2,1H3,(H2,14,17)(H,15,16). The topological polar surface area (TPSA) is 50.9 Å². The van der Waals surface area contributed by atoms with Crippen molar-refractivity contribution in [3.05, 3.63) is 44.7 Å². The molecule has 2 aromatic heterocycles. The number of nitrogens with one attached hydrogen (secondary N) is 1. The maximum atomic E-state index is 5.88. The summed E-state index contributed by atoms with van der Waals surface area (Å²) >= 11 is 12.5. The van der Waals surface area contributed by atoms with Gasteiger partial charge in [-0.15, -0.1) is 11.3 Å². The van der Waals surface area contributed by atoms with Gasteiger partial charge in [-0.05, 0) is 30.7 Å². The van der Waals surface area contributed by atoms with Gasteiger partial charge in [0.05, 0.1) is 16.4 Å². The Morgan fingerprint density at radius 3 is 2.89 bits per heavy atom.